The van der Waals surface area contributed by atoms with Crippen LogP contribution in [-0.2, 0) is 4.79 Å². The summed E-state index contributed by atoms with van der Waals surface area (Å²) in [5, 5.41) is 5.66. The minimum atomic E-state index is -0.217. The van der Waals surface area contributed by atoms with Crippen molar-refractivity contribution in [3.8, 4) is 5.75 Å². The molecule has 0 spiro atoms. The topological polar surface area (TPSA) is 80.6 Å². The third-order valence-corrected chi connectivity index (χ3v) is 3.59. The van der Waals surface area contributed by atoms with Gasteiger partial charge in [0.15, 0.2) is 6.61 Å². The highest BCUT2D eigenvalue weighted by molar-refractivity contribution is 5.96. The van der Waals surface area contributed by atoms with Gasteiger partial charge in [-0.1, -0.05) is 6.07 Å². The molecule has 114 valence electrons. The molecule has 0 radical (unpaired) electrons. The average Bonchev–Trinajstić information content (AvgIpc) is 2.92. The van der Waals surface area contributed by atoms with Gasteiger partial charge in [0.05, 0.1) is 23.6 Å². The van der Waals surface area contributed by atoms with Crippen molar-refractivity contribution < 1.29 is 18.7 Å². The van der Waals surface area contributed by atoms with Gasteiger partial charge in [-0.25, -0.2) is 0 Å². The molecule has 0 unspecified atom stereocenters. The number of fused-ring (bicyclic) bond motifs is 1. The molecule has 6 nitrogen and oxygen atoms in total. The second-order valence-corrected chi connectivity index (χ2v) is 5.18. The average molecular weight is 300 g/mol. The lowest BCUT2D eigenvalue weighted by molar-refractivity contribution is -0.118. The molecule has 22 heavy (non-hydrogen) atoms. The van der Waals surface area contributed by atoms with E-state index in [0.29, 0.717) is 22.8 Å². The Morgan fingerprint density at radius 1 is 1.36 bits per heavy atom. The molecule has 2 aromatic rings. The van der Waals surface area contributed by atoms with Crippen molar-refractivity contribution in [1.29, 1.82) is 0 Å². The molecule has 3 rings (SSSR count). The van der Waals surface area contributed by atoms with Crippen LogP contribution in [0.5, 0.6) is 5.75 Å². The molecule has 1 atom stereocenters. The summed E-state index contributed by atoms with van der Waals surface area (Å²) in [5.41, 5.74) is 2.01. The number of carbonyl (C=O) groups excluding carboxylic acids is 2. The molecule has 1 aromatic heterocycles. The van der Waals surface area contributed by atoms with Crippen LogP contribution in [0.25, 0.3) is 0 Å². The van der Waals surface area contributed by atoms with Gasteiger partial charge in [0.25, 0.3) is 11.8 Å². The third-order valence-electron chi connectivity index (χ3n) is 3.59. The largest absolute Gasteiger partial charge is 0.482 e. The van der Waals surface area contributed by atoms with E-state index in [1.54, 1.807) is 25.1 Å². The van der Waals surface area contributed by atoms with E-state index < -0.39 is 0 Å². The molecule has 2 N–H and O–H groups in total. The Labute approximate surface area is 127 Å². The minimum absolute atomic E-state index is 0.0262. The van der Waals surface area contributed by atoms with Gasteiger partial charge in [0, 0.05) is 0 Å². The van der Waals surface area contributed by atoms with Gasteiger partial charge in [-0.15, -0.1) is 0 Å². The van der Waals surface area contributed by atoms with Crippen LogP contribution in [0.15, 0.2) is 34.9 Å². The lowest BCUT2D eigenvalue weighted by Crippen LogP contribution is -2.28. The summed E-state index contributed by atoms with van der Waals surface area (Å²) >= 11 is 0. The molecule has 1 aliphatic heterocycles. The highest BCUT2D eigenvalue weighted by Crippen LogP contribution is 2.30. The monoisotopic (exact) mass is 300 g/mol. The molecule has 2 amide bonds. The predicted molar refractivity (Wildman–Crippen MR) is 79.9 cm³/mol. The highest BCUT2D eigenvalue weighted by Gasteiger charge is 2.19. The molecule has 0 aliphatic carbocycles. The molecule has 0 fully saturated rings. The van der Waals surface area contributed by atoms with E-state index in [-0.39, 0.29) is 24.5 Å². The van der Waals surface area contributed by atoms with Crippen molar-refractivity contribution in [1.82, 2.24) is 5.32 Å². The molecule has 0 saturated heterocycles. The second kappa shape index (κ2) is 5.55. The van der Waals surface area contributed by atoms with Crippen LogP contribution in [0.4, 0.5) is 5.69 Å². The Kier molecular flexibility index (Phi) is 3.58. The molecule has 1 aliphatic rings. The van der Waals surface area contributed by atoms with Gasteiger partial charge in [-0.3, -0.25) is 9.59 Å². The number of nitrogens with one attached hydrogen (secondary N) is 2. The standard InChI is InChI=1S/C16H16N2O4/c1-9(17-16(20)12-5-6-21-10(12)2)11-3-4-14-13(7-11)18-15(19)8-22-14/h3-7,9H,8H2,1-2H3,(H,17,20)(H,18,19)/t9-/m1/s1. The molecule has 1 aromatic carbocycles. The Balaban J connectivity index is 1.76. The van der Waals surface area contributed by atoms with E-state index in [4.69, 9.17) is 9.15 Å². The number of amides is 2. The maximum absolute atomic E-state index is 12.2. The fourth-order valence-corrected chi connectivity index (χ4v) is 2.35. The number of hydrogen-bond donors (Lipinski definition) is 2. The van der Waals surface area contributed by atoms with Gasteiger partial charge in [-0.2, -0.15) is 0 Å². The van der Waals surface area contributed by atoms with Crippen molar-refractivity contribution in [2.75, 3.05) is 11.9 Å². The van der Waals surface area contributed by atoms with Crippen LogP contribution in [0.1, 0.15) is 34.6 Å². The van der Waals surface area contributed by atoms with Crippen molar-refractivity contribution >= 4 is 17.5 Å². The van der Waals surface area contributed by atoms with E-state index in [1.807, 2.05) is 13.0 Å². The zero-order valence-corrected chi connectivity index (χ0v) is 12.3. The van der Waals surface area contributed by atoms with Crippen LogP contribution in [0, 0.1) is 6.92 Å². The Hall–Kier alpha value is -2.76. The number of carbonyl (C=O) groups is 2. The maximum atomic E-state index is 12.2. The van der Waals surface area contributed by atoms with Gasteiger partial charge < -0.3 is 19.8 Å². The summed E-state index contributed by atoms with van der Waals surface area (Å²) in [7, 11) is 0. The van der Waals surface area contributed by atoms with Crippen LogP contribution in [0.2, 0.25) is 0 Å². The van der Waals surface area contributed by atoms with Gasteiger partial charge in [0.2, 0.25) is 0 Å². The fraction of sp³-hybridized carbons (Fsp3) is 0.250. The van der Waals surface area contributed by atoms with E-state index in [1.165, 1.54) is 6.26 Å². The zero-order valence-electron chi connectivity index (χ0n) is 12.3. The summed E-state index contributed by atoms with van der Waals surface area (Å²) in [6.45, 7) is 3.64. The van der Waals surface area contributed by atoms with Gasteiger partial charge in [-0.05, 0) is 37.6 Å². The highest BCUT2D eigenvalue weighted by atomic mass is 16.5. The van der Waals surface area contributed by atoms with E-state index in [0.717, 1.165) is 5.56 Å². The zero-order chi connectivity index (χ0) is 15.7. The van der Waals surface area contributed by atoms with Crippen LogP contribution >= 0.6 is 0 Å². The smallest absolute Gasteiger partial charge is 0.262 e. The third kappa shape index (κ3) is 2.67. The first kappa shape index (κ1) is 14.2. The van der Waals surface area contributed by atoms with Crippen molar-refractivity contribution in [3.63, 3.8) is 0 Å². The SMILES string of the molecule is Cc1occc1C(=O)N[C@H](C)c1ccc2c(c1)NC(=O)CO2. The summed E-state index contributed by atoms with van der Waals surface area (Å²) in [6, 6.07) is 6.88. The predicted octanol–water partition coefficient (Wildman–Crippen LogP) is 2.41. The van der Waals surface area contributed by atoms with Crippen molar-refractivity contribution in [2.24, 2.45) is 0 Å². The quantitative estimate of drug-likeness (QED) is 0.912. The molecular weight excluding hydrogens is 284 g/mol. The number of rotatable bonds is 3. The molecule has 6 heteroatoms. The first-order valence-electron chi connectivity index (χ1n) is 6.96. The van der Waals surface area contributed by atoms with E-state index in [9.17, 15) is 9.59 Å². The van der Waals surface area contributed by atoms with Gasteiger partial charge >= 0.3 is 0 Å². The Morgan fingerprint density at radius 2 is 2.18 bits per heavy atom. The fourth-order valence-electron chi connectivity index (χ4n) is 2.35. The van der Waals surface area contributed by atoms with Crippen molar-refractivity contribution in [3.05, 3.63) is 47.4 Å². The molecule has 2 heterocycles. The molecular formula is C16H16N2O4. The Morgan fingerprint density at radius 3 is 2.91 bits per heavy atom. The first-order valence-corrected chi connectivity index (χ1v) is 6.96. The minimum Gasteiger partial charge on any atom is -0.482 e. The summed E-state index contributed by atoms with van der Waals surface area (Å²) < 4.78 is 10.4. The molecule has 0 saturated carbocycles. The second-order valence-electron chi connectivity index (χ2n) is 5.18. The van der Waals surface area contributed by atoms with Crippen LogP contribution in [0.3, 0.4) is 0 Å². The van der Waals surface area contributed by atoms with Gasteiger partial charge in [0.1, 0.15) is 11.5 Å². The lowest BCUT2D eigenvalue weighted by Gasteiger charge is -2.21. The number of benzene rings is 1. The number of ether oxygens (including phenoxy) is 1. The lowest BCUT2D eigenvalue weighted by atomic mass is 10.1. The van der Waals surface area contributed by atoms with E-state index in [2.05, 4.69) is 10.6 Å². The number of aryl methyl sites for hydroxylation is 1. The molecule has 0 bridgehead atoms. The number of furan rings is 1. The first-order chi connectivity index (χ1) is 10.5. The van der Waals surface area contributed by atoms with Crippen molar-refractivity contribution in [2.45, 2.75) is 19.9 Å². The van der Waals surface area contributed by atoms with Crippen LogP contribution in [-0.4, -0.2) is 18.4 Å². The summed E-state index contributed by atoms with van der Waals surface area (Å²) in [5.74, 6) is 0.829. The maximum Gasteiger partial charge on any atom is 0.262 e. The summed E-state index contributed by atoms with van der Waals surface area (Å²) in [4.78, 5) is 23.5. The Bertz CT molecular complexity index is 735. The number of hydrogen-bond acceptors (Lipinski definition) is 4. The normalized spacial score (nSPS) is 14.5. The van der Waals surface area contributed by atoms with Crippen LogP contribution < -0.4 is 15.4 Å². The summed E-state index contributed by atoms with van der Waals surface area (Å²) in [6.07, 6.45) is 1.49. The van der Waals surface area contributed by atoms with E-state index >= 15 is 0 Å². The number of anilines is 1.